The van der Waals surface area contributed by atoms with E-state index in [-0.39, 0.29) is 18.9 Å². The molecular weight excluding hydrogens is 514 g/mol. The van der Waals surface area contributed by atoms with E-state index in [0.717, 1.165) is 18.7 Å². The molecule has 2 N–H and O–H groups in total. The van der Waals surface area contributed by atoms with Crippen LogP contribution in [0.2, 0.25) is 5.02 Å². The first-order valence-corrected chi connectivity index (χ1v) is 13.3. The largest absolute Gasteiger partial charge is 0.368 e. The molecule has 0 aliphatic carbocycles. The zero-order valence-electron chi connectivity index (χ0n) is 21.8. The van der Waals surface area contributed by atoms with Crippen molar-refractivity contribution in [2.24, 2.45) is 0 Å². The van der Waals surface area contributed by atoms with Gasteiger partial charge in [-0.15, -0.1) is 0 Å². The minimum absolute atomic E-state index is 0.140. The maximum atomic E-state index is 13.1. The summed E-state index contributed by atoms with van der Waals surface area (Å²) in [5, 5.41) is 6.06. The van der Waals surface area contributed by atoms with Crippen molar-refractivity contribution in [2.75, 3.05) is 37.6 Å². The summed E-state index contributed by atoms with van der Waals surface area (Å²) in [6.45, 7) is 4.54. The Kier molecular flexibility index (Phi) is 9.69. The first-order chi connectivity index (χ1) is 18.9. The average Bonchev–Trinajstić information content (AvgIpc) is 2.96. The Bertz CT molecular complexity index is 1310. The van der Waals surface area contributed by atoms with Crippen molar-refractivity contribution in [3.05, 3.63) is 101 Å². The van der Waals surface area contributed by atoms with E-state index in [1.165, 1.54) is 17.3 Å². The molecule has 3 amide bonds. The number of carbonyl (C=O) groups is 3. The molecule has 1 saturated heterocycles. The molecule has 202 valence electrons. The third-order valence-electron chi connectivity index (χ3n) is 6.57. The van der Waals surface area contributed by atoms with E-state index >= 15 is 0 Å². The topological polar surface area (TPSA) is 94.6 Å². The minimum Gasteiger partial charge on any atom is -0.368 e. The molecule has 2 aromatic carbocycles. The highest BCUT2D eigenvalue weighted by molar-refractivity contribution is 6.30. The van der Waals surface area contributed by atoms with Gasteiger partial charge in [-0.3, -0.25) is 19.4 Å². The van der Waals surface area contributed by atoms with Crippen molar-refractivity contribution in [3.63, 3.8) is 0 Å². The molecule has 1 aliphatic rings. The summed E-state index contributed by atoms with van der Waals surface area (Å²) in [6.07, 6.45) is 4.83. The van der Waals surface area contributed by atoms with Crippen molar-refractivity contribution in [1.29, 1.82) is 0 Å². The van der Waals surface area contributed by atoms with Crippen LogP contribution in [0.4, 0.5) is 5.69 Å². The number of halogens is 1. The molecule has 0 radical (unpaired) electrons. The molecule has 9 heteroatoms. The molecular formula is C30H32ClN5O3. The van der Waals surface area contributed by atoms with Gasteiger partial charge in [0.15, 0.2) is 0 Å². The van der Waals surface area contributed by atoms with Gasteiger partial charge < -0.3 is 20.4 Å². The van der Waals surface area contributed by atoms with E-state index in [0.29, 0.717) is 23.8 Å². The SMILES string of the molecule is Cc1ccccc1N1CCN(C(=O)CNC(=O)[C@H](Cc2ccccn2)NC(=O)/C=C/c2ccc(Cl)cc2)CC1. The molecule has 2 heterocycles. The lowest BCUT2D eigenvalue weighted by Gasteiger charge is -2.37. The normalized spacial score (nSPS) is 14.2. The highest BCUT2D eigenvalue weighted by atomic mass is 35.5. The molecule has 1 aliphatic heterocycles. The first kappa shape index (κ1) is 27.9. The van der Waals surface area contributed by atoms with Gasteiger partial charge in [-0.25, -0.2) is 0 Å². The van der Waals surface area contributed by atoms with Crippen LogP contribution < -0.4 is 15.5 Å². The Balaban J connectivity index is 1.32. The van der Waals surface area contributed by atoms with Gasteiger partial charge in [0.05, 0.1) is 6.54 Å². The third kappa shape index (κ3) is 8.15. The predicted octanol–water partition coefficient (Wildman–Crippen LogP) is 3.25. The molecule has 8 nitrogen and oxygen atoms in total. The molecule has 1 aromatic heterocycles. The number of nitrogens with zero attached hydrogens (tertiary/aromatic N) is 3. The number of hydrogen-bond donors (Lipinski definition) is 2. The number of pyridine rings is 1. The summed E-state index contributed by atoms with van der Waals surface area (Å²) in [6, 6.07) is 19.7. The van der Waals surface area contributed by atoms with Crippen LogP contribution in [-0.4, -0.2) is 66.4 Å². The van der Waals surface area contributed by atoms with E-state index in [4.69, 9.17) is 11.6 Å². The summed E-state index contributed by atoms with van der Waals surface area (Å²) in [5.74, 6) is -1.03. The van der Waals surface area contributed by atoms with Crippen LogP contribution in [0.15, 0.2) is 79.0 Å². The number of rotatable bonds is 9. The minimum atomic E-state index is -0.895. The van der Waals surface area contributed by atoms with Gasteiger partial charge in [-0.1, -0.05) is 48.0 Å². The fraction of sp³-hybridized carbons (Fsp3) is 0.267. The fourth-order valence-corrected chi connectivity index (χ4v) is 4.54. The molecule has 39 heavy (non-hydrogen) atoms. The molecule has 0 bridgehead atoms. The number of para-hydroxylation sites is 1. The van der Waals surface area contributed by atoms with Crippen LogP contribution in [0.25, 0.3) is 6.08 Å². The Morgan fingerprint density at radius 3 is 2.38 bits per heavy atom. The van der Waals surface area contributed by atoms with Crippen molar-refractivity contribution >= 4 is 41.1 Å². The fourth-order valence-electron chi connectivity index (χ4n) is 4.42. The lowest BCUT2D eigenvalue weighted by atomic mass is 10.1. The standard InChI is InChI=1S/C30H32ClN5O3/c1-22-6-2-3-8-27(22)35-16-18-36(19-17-35)29(38)21-33-30(39)26(20-25-7-4-5-15-32-25)34-28(37)14-11-23-9-12-24(31)13-10-23/h2-15,26H,16-21H2,1H3,(H,33,39)(H,34,37)/b14-11+/t26-/m0/s1. The van der Waals surface area contributed by atoms with Crippen LogP contribution in [0.3, 0.4) is 0 Å². The van der Waals surface area contributed by atoms with E-state index in [9.17, 15) is 14.4 Å². The second-order valence-corrected chi connectivity index (χ2v) is 9.78. The number of nitrogens with one attached hydrogen (secondary N) is 2. The van der Waals surface area contributed by atoms with Gasteiger partial charge in [0.25, 0.3) is 0 Å². The molecule has 1 fully saturated rings. The van der Waals surface area contributed by atoms with Crippen LogP contribution in [0.5, 0.6) is 0 Å². The average molecular weight is 546 g/mol. The molecule has 3 aromatic rings. The van der Waals surface area contributed by atoms with Crippen LogP contribution in [-0.2, 0) is 20.8 Å². The monoisotopic (exact) mass is 545 g/mol. The van der Waals surface area contributed by atoms with Crippen molar-refractivity contribution in [2.45, 2.75) is 19.4 Å². The van der Waals surface area contributed by atoms with E-state index in [1.807, 2.05) is 18.2 Å². The molecule has 0 spiro atoms. The Labute approximate surface area is 233 Å². The summed E-state index contributed by atoms with van der Waals surface area (Å²) in [7, 11) is 0. The van der Waals surface area contributed by atoms with Crippen LogP contribution >= 0.6 is 11.6 Å². The number of anilines is 1. The van der Waals surface area contributed by atoms with Crippen molar-refractivity contribution in [1.82, 2.24) is 20.5 Å². The zero-order valence-corrected chi connectivity index (χ0v) is 22.6. The van der Waals surface area contributed by atoms with Gasteiger partial charge in [0.2, 0.25) is 17.7 Å². The summed E-state index contributed by atoms with van der Waals surface area (Å²) in [5.41, 5.74) is 3.83. The van der Waals surface area contributed by atoms with Gasteiger partial charge >= 0.3 is 0 Å². The van der Waals surface area contributed by atoms with Gasteiger partial charge in [-0.05, 0) is 54.5 Å². The maximum absolute atomic E-state index is 13.1. The Hall–Kier alpha value is -4.17. The predicted molar refractivity (Wildman–Crippen MR) is 153 cm³/mol. The number of piperazine rings is 1. The quantitative estimate of drug-likeness (QED) is 0.403. The number of benzene rings is 2. The molecule has 0 unspecified atom stereocenters. The molecule has 1 atom stereocenters. The number of hydrogen-bond acceptors (Lipinski definition) is 5. The van der Waals surface area contributed by atoms with Gasteiger partial charge in [0.1, 0.15) is 6.04 Å². The first-order valence-electron chi connectivity index (χ1n) is 12.9. The number of carbonyl (C=O) groups excluding carboxylic acids is 3. The second-order valence-electron chi connectivity index (χ2n) is 9.34. The number of aryl methyl sites for hydroxylation is 1. The number of amides is 3. The van der Waals surface area contributed by atoms with E-state index in [1.54, 1.807) is 53.6 Å². The summed E-state index contributed by atoms with van der Waals surface area (Å²) < 4.78 is 0. The van der Waals surface area contributed by atoms with Gasteiger partial charge in [-0.2, -0.15) is 0 Å². The van der Waals surface area contributed by atoms with Crippen molar-refractivity contribution < 1.29 is 14.4 Å². The lowest BCUT2D eigenvalue weighted by Crippen LogP contribution is -2.53. The number of aromatic nitrogens is 1. The zero-order chi connectivity index (χ0) is 27.6. The summed E-state index contributed by atoms with van der Waals surface area (Å²) >= 11 is 5.91. The summed E-state index contributed by atoms with van der Waals surface area (Å²) in [4.78, 5) is 46.9. The third-order valence-corrected chi connectivity index (χ3v) is 6.82. The molecule has 0 saturated carbocycles. The Morgan fingerprint density at radius 2 is 1.69 bits per heavy atom. The van der Waals surface area contributed by atoms with E-state index < -0.39 is 17.9 Å². The second kappa shape index (κ2) is 13.6. The smallest absolute Gasteiger partial charge is 0.244 e. The van der Waals surface area contributed by atoms with Crippen LogP contribution in [0, 0.1) is 6.92 Å². The maximum Gasteiger partial charge on any atom is 0.244 e. The molecule has 4 rings (SSSR count). The lowest BCUT2D eigenvalue weighted by molar-refractivity contribution is -0.134. The Morgan fingerprint density at radius 1 is 0.974 bits per heavy atom. The van der Waals surface area contributed by atoms with E-state index in [2.05, 4.69) is 39.6 Å². The van der Waals surface area contributed by atoms with Gasteiger partial charge in [0, 0.05) is 61.3 Å². The highest BCUT2D eigenvalue weighted by Gasteiger charge is 2.25. The van der Waals surface area contributed by atoms with Crippen molar-refractivity contribution in [3.8, 4) is 0 Å². The van der Waals surface area contributed by atoms with Crippen LogP contribution in [0.1, 0.15) is 16.8 Å². The highest BCUT2D eigenvalue weighted by Crippen LogP contribution is 2.20.